The van der Waals surface area contributed by atoms with Crippen molar-refractivity contribution in [2.24, 2.45) is 0 Å². The van der Waals surface area contributed by atoms with E-state index >= 15 is 0 Å². The number of nitrogens with zero attached hydrogens (tertiary/aromatic N) is 1. The van der Waals surface area contributed by atoms with E-state index in [0.29, 0.717) is 24.4 Å². The quantitative estimate of drug-likeness (QED) is 0.881. The molecule has 1 heterocycles. The Morgan fingerprint density at radius 1 is 1.12 bits per heavy atom. The van der Waals surface area contributed by atoms with Gasteiger partial charge in [-0.05, 0) is 37.8 Å². The molecule has 2 aliphatic rings. The van der Waals surface area contributed by atoms with Crippen molar-refractivity contribution in [3.05, 3.63) is 24.3 Å². The van der Waals surface area contributed by atoms with Crippen LogP contribution in [0.4, 0.5) is 10.5 Å². The number of ether oxygens (including phenoxy) is 1. The second kappa shape index (κ2) is 8.23. The van der Waals surface area contributed by atoms with Gasteiger partial charge in [0.1, 0.15) is 11.8 Å². The molecule has 1 saturated heterocycles. The van der Waals surface area contributed by atoms with E-state index < -0.39 is 6.04 Å². The van der Waals surface area contributed by atoms with Crippen molar-refractivity contribution >= 4 is 17.6 Å². The largest absolute Gasteiger partial charge is 0.497 e. The van der Waals surface area contributed by atoms with Crippen molar-refractivity contribution in [3.63, 3.8) is 0 Å². The molecule has 25 heavy (non-hydrogen) atoms. The highest BCUT2D eigenvalue weighted by atomic mass is 16.5. The van der Waals surface area contributed by atoms with Crippen LogP contribution < -0.4 is 15.4 Å². The highest BCUT2D eigenvalue weighted by molar-refractivity contribution is 5.97. The molecule has 1 saturated carbocycles. The van der Waals surface area contributed by atoms with Gasteiger partial charge in [-0.3, -0.25) is 4.79 Å². The molecule has 1 aliphatic heterocycles. The van der Waals surface area contributed by atoms with E-state index in [4.69, 9.17) is 4.74 Å². The maximum atomic E-state index is 12.6. The summed E-state index contributed by atoms with van der Waals surface area (Å²) >= 11 is 0. The summed E-state index contributed by atoms with van der Waals surface area (Å²) < 4.78 is 5.18. The van der Waals surface area contributed by atoms with Crippen molar-refractivity contribution < 1.29 is 14.3 Å². The zero-order valence-electron chi connectivity index (χ0n) is 14.8. The number of hydrogen-bond donors (Lipinski definition) is 2. The monoisotopic (exact) mass is 345 g/mol. The first-order chi connectivity index (χ1) is 12.2. The lowest BCUT2D eigenvalue weighted by Gasteiger charge is -2.29. The molecule has 0 bridgehead atoms. The van der Waals surface area contributed by atoms with Crippen molar-refractivity contribution in [3.8, 4) is 5.75 Å². The molecule has 3 rings (SSSR count). The van der Waals surface area contributed by atoms with Crippen LogP contribution >= 0.6 is 0 Å². The van der Waals surface area contributed by atoms with Gasteiger partial charge in [-0.2, -0.15) is 0 Å². The molecule has 6 heteroatoms. The highest BCUT2D eigenvalue weighted by Gasteiger charge is 2.35. The fourth-order valence-electron chi connectivity index (χ4n) is 3.71. The topological polar surface area (TPSA) is 70.7 Å². The lowest BCUT2D eigenvalue weighted by Crippen LogP contribution is -2.50. The van der Waals surface area contributed by atoms with E-state index in [1.165, 1.54) is 19.3 Å². The van der Waals surface area contributed by atoms with Crippen LogP contribution in [0.2, 0.25) is 0 Å². The summed E-state index contributed by atoms with van der Waals surface area (Å²) in [5.74, 6) is 0.556. The number of anilines is 1. The fourth-order valence-corrected chi connectivity index (χ4v) is 3.71. The normalized spacial score (nSPS) is 21.0. The number of carbonyl (C=O) groups excluding carboxylic acids is 2. The summed E-state index contributed by atoms with van der Waals surface area (Å²) in [5.41, 5.74) is 0.684. The smallest absolute Gasteiger partial charge is 0.318 e. The molecule has 3 amide bonds. The van der Waals surface area contributed by atoms with Crippen LogP contribution in [0.15, 0.2) is 24.3 Å². The minimum Gasteiger partial charge on any atom is -0.497 e. The van der Waals surface area contributed by atoms with Crippen LogP contribution in [-0.4, -0.2) is 42.6 Å². The average Bonchev–Trinajstić information content (AvgIpc) is 3.13. The Labute approximate surface area is 148 Å². The lowest BCUT2D eigenvalue weighted by molar-refractivity contribution is -0.119. The summed E-state index contributed by atoms with van der Waals surface area (Å²) in [4.78, 5) is 26.9. The van der Waals surface area contributed by atoms with Gasteiger partial charge in [-0.25, -0.2) is 4.79 Å². The molecule has 6 nitrogen and oxygen atoms in total. The molecule has 2 fully saturated rings. The summed E-state index contributed by atoms with van der Waals surface area (Å²) in [7, 11) is 1.59. The van der Waals surface area contributed by atoms with Gasteiger partial charge in [0.15, 0.2) is 0 Å². The predicted octanol–water partition coefficient (Wildman–Crippen LogP) is 3.14. The maximum absolute atomic E-state index is 12.6. The Morgan fingerprint density at radius 2 is 1.92 bits per heavy atom. The maximum Gasteiger partial charge on any atom is 0.318 e. The van der Waals surface area contributed by atoms with Gasteiger partial charge in [0.05, 0.1) is 7.11 Å². The third-order valence-corrected chi connectivity index (χ3v) is 5.09. The molecule has 1 aromatic rings. The number of hydrogen-bond acceptors (Lipinski definition) is 3. The first-order valence-corrected chi connectivity index (χ1v) is 9.19. The van der Waals surface area contributed by atoms with E-state index in [0.717, 1.165) is 19.3 Å². The molecule has 2 N–H and O–H groups in total. The van der Waals surface area contributed by atoms with Gasteiger partial charge in [0, 0.05) is 24.3 Å². The predicted molar refractivity (Wildman–Crippen MR) is 96.8 cm³/mol. The zero-order chi connectivity index (χ0) is 17.6. The van der Waals surface area contributed by atoms with Crippen molar-refractivity contribution in [2.45, 2.75) is 57.0 Å². The molecule has 0 spiro atoms. The number of likely N-dealkylation sites (tertiary alicyclic amines) is 1. The number of urea groups is 1. The van der Waals surface area contributed by atoms with E-state index in [2.05, 4.69) is 10.6 Å². The fraction of sp³-hybridized carbons (Fsp3) is 0.579. The van der Waals surface area contributed by atoms with Crippen molar-refractivity contribution in [1.29, 1.82) is 0 Å². The molecule has 1 aromatic carbocycles. The number of nitrogens with one attached hydrogen (secondary N) is 2. The van der Waals surface area contributed by atoms with Crippen LogP contribution in [-0.2, 0) is 4.79 Å². The third-order valence-electron chi connectivity index (χ3n) is 5.09. The van der Waals surface area contributed by atoms with Crippen molar-refractivity contribution in [1.82, 2.24) is 10.2 Å². The Balaban J connectivity index is 1.59. The highest BCUT2D eigenvalue weighted by Crippen LogP contribution is 2.23. The molecule has 0 radical (unpaired) electrons. The van der Waals surface area contributed by atoms with Crippen LogP contribution in [0.25, 0.3) is 0 Å². The van der Waals surface area contributed by atoms with Crippen LogP contribution in [0.3, 0.4) is 0 Å². The SMILES string of the molecule is COc1cccc(NC(=O)[C@@H]2CCCN2C(=O)NC2CCCCC2)c1. The van der Waals surface area contributed by atoms with E-state index in [1.807, 2.05) is 18.2 Å². The Bertz CT molecular complexity index is 614. The molecule has 1 aliphatic carbocycles. The Kier molecular flexibility index (Phi) is 5.79. The lowest BCUT2D eigenvalue weighted by atomic mass is 9.96. The molecule has 0 aromatic heterocycles. The van der Waals surface area contributed by atoms with Crippen LogP contribution in [0, 0.1) is 0 Å². The van der Waals surface area contributed by atoms with E-state index in [-0.39, 0.29) is 18.0 Å². The molecule has 1 atom stereocenters. The minimum atomic E-state index is -0.408. The molecule has 136 valence electrons. The molecular formula is C19H27N3O3. The molecule has 0 unspecified atom stereocenters. The summed E-state index contributed by atoms with van der Waals surface area (Å²) in [6, 6.07) is 7.00. The van der Waals surface area contributed by atoms with E-state index in [9.17, 15) is 9.59 Å². The first-order valence-electron chi connectivity index (χ1n) is 9.19. The first kappa shape index (κ1) is 17.6. The standard InChI is InChI=1S/C19H27N3O3/c1-25-16-10-5-9-15(13-16)20-18(23)17-11-6-12-22(17)19(24)21-14-7-3-2-4-8-14/h5,9-10,13-14,17H,2-4,6-8,11-12H2,1H3,(H,20,23)(H,21,24)/t17-/m0/s1. The minimum absolute atomic E-state index is 0.102. The number of benzene rings is 1. The van der Waals surface area contributed by atoms with Gasteiger partial charge in [-0.15, -0.1) is 0 Å². The zero-order valence-corrected chi connectivity index (χ0v) is 14.8. The van der Waals surface area contributed by atoms with Crippen LogP contribution in [0.1, 0.15) is 44.9 Å². The summed E-state index contributed by atoms with van der Waals surface area (Å²) in [6.07, 6.45) is 7.24. The van der Waals surface area contributed by atoms with Gasteiger partial charge in [-0.1, -0.05) is 25.3 Å². The number of rotatable bonds is 4. The van der Waals surface area contributed by atoms with Gasteiger partial charge < -0.3 is 20.3 Å². The second-order valence-electron chi connectivity index (χ2n) is 6.86. The second-order valence-corrected chi connectivity index (χ2v) is 6.86. The van der Waals surface area contributed by atoms with Gasteiger partial charge in [0.2, 0.25) is 5.91 Å². The Hall–Kier alpha value is -2.24. The van der Waals surface area contributed by atoms with Crippen molar-refractivity contribution in [2.75, 3.05) is 19.0 Å². The summed E-state index contributed by atoms with van der Waals surface area (Å²) in [5, 5.41) is 6.02. The Morgan fingerprint density at radius 3 is 2.68 bits per heavy atom. The van der Waals surface area contributed by atoms with Crippen LogP contribution in [0.5, 0.6) is 5.75 Å². The number of carbonyl (C=O) groups is 2. The van der Waals surface area contributed by atoms with Gasteiger partial charge in [0.25, 0.3) is 0 Å². The number of amides is 3. The van der Waals surface area contributed by atoms with E-state index in [1.54, 1.807) is 18.1 Å². The number of methoxy groups -OCH3 is 1. The molecular weight excluding hydrogens is 318 g/mol. The average molecular weight is 345 g/mol. The summed E-state index contributed by atoms with van der Waals surface area (Å²) in [6.45, 7) is 0.634. The van der Waals surface area contributed by atoms with Gasteiger partial charge >= 0.3 is 6.03 Å². The third kappa shape index (κ3) is 4.44.